The highest BCUT2D eigenvalue weighted by Gasteiger charge is 2.44. The van der Waals surface area contributed by atoms with Gasteiger partial charge in [-0.05, 0) is 17.5 Å². The maximum atomic E-state index is 13.3. The Labute approximate surface area is 111 Å². The van der Waals surface area contributed by atoms with Gasteiger partial charge in [-0.15, -0.1) is 0 Å². The third kappa shape index (κ3) is 3.48. The second-order valence-electron chi connectivity index (χ2n) is 4.69. The molecule has 2 nitrogen and oxygen atoms in total. The lowest BCUT2D eigenvalue weighted by atomic mass is 10.0. The van der Waals surface area contributed by atoms with Crippen molar-refractivity contribution in [3.63, 3.8) is 0 Å². The van der Waals surface area contributed by atoms with E-state index in [4.69, 9.17) is 4.74 Å². The van der Waals surface area contributed by atoms with E-state index in [1.165, 1.54) is 4.90 Å². The van der Waals surface area contributed by atoms with E-state index in [1.54, 1.807) is 18.2 Å². The first-order valence-corrected chi connectivity index (χ1v) is 6.49. The van der Waals surface area contributed by atoms with E-state index in [2.05, 4.69) is 0 Å². The molecule has 0 saturated carbocycles. The van der Waals surface area contributed by atoms with Gasteiger partial charge in [0, 0.05) is 13.1 Å². The fourth-order valence-corrected chi connectivity index (χ4v) is 2.43. The van der Waals surface area contributed by atoms with Crippen LogP contribution in [-0.4, -0.2) is 37.4 Å². The Morgan fingerprint density at radius 2 is 1.95 bits per heavy atom. The minimum Gasteiger partial charge on any atom is -0.379 e. The average molecular weight is 273 g/mol. The number of aryl methyl sites for hydroxylation is 1. The van der Waals surface area contributed by atoms with Crippen LogP contribution in [0.25, 0.3) is 0 Å². The first kappa shape index (κ1) is 14.3. The molecule has 2 rings (SSSR count). The molecule has 1 atom stereocenters. The Morgan fingerprint density at radius 1 is 1.26 bits per heavy atom. The van der Waals surface area contributed by atoms with Crippen molar-refractivity contribution in [2.45, 2.75) is 25.6 Å². The van der Waals surface area contributed by atoms with Crippen LogP contribution in [-0.2, 0) is 11.2 Å². The first-order valence-electron chi connectivity index (χ1n) is 6.49. The molecule has 1 fully saturated rings. The van der Waals surface area contributed by atoms with Crippen molar-refractivity contribution in [3.8, 4) is 0 Å². The van der Waals surface area contributed by atoms with E-state index < -0.39 is 12.2 Å². The molecule has 1 aliphatic heterocycles. The molecule has 106 valence electrons. The molecule has 0 spiro atoms. The van der Waals surface area contributed by atoms with Crippen molar-refractivity contribution >= 4 is 0 Å². The van der Waals surface area contributed by atoms with Gasteiger partial charge in [-0.25, -0.2) is 0 Å². The summed E-state index contributed by atoms with van der Waals surface area (Å²) in [6.45, 7) is 3.30. The number of morpholine rings is 1. The summed E-state index contributed by atoms with van der Waals surface area (Å²) in [7, 11) is 0. The lowest BCUT2D eigenvalue weighted by molar-refractivity contribution is -0.194. The highest BCUT2D eigenvalue weighted by atomic mass is 19.4. The maximum absolute atomic E-state index is 13.3. The molecule has 1 aromatic carbocycles. The molecule has 0 bridgehead atoms. The monoisotopic (exact) mass is 273 g/mol. The average Bonchev–Trinajstić information content (AvgIpc) is 2.39. The zero-order valence-electron chi connectivity index (χ0n) is 10.9. The highest BCUT2D eigenvalue weighted by Crippen LogP contribution is 2.38. The van der Waals surface area contributed by atoms with Gasteiger partial charge < -0.3 is 4.74 Å². The molecule has 1 aliphatic rings. The Morgan fingerprint density at radius 3 is 2.53 bits per heavy atom. The van der Waals surface area contributed by atoms with Crippen LogP contribution in [0.15, 0.2) is 24.3 Å². The molecule has 0 amide bonds. The molecule has 19 heavy (non-hydrogen) atoms. The van der Waals surface area contributed by atoms with Crippen LogP contribution in [0.2, 0.25) is 0 Å². The van der Waals surface area contributed by atoms with Crippen molar-refractivity contribution in [3.05, 3.63) is 35.4 Å². The largest absolute Gasteiger partial charge is 0.408 e. The van der Waals surface area contributed by atoms with E-state index >= 15 is 0 Å². The molecule has 0 aromatic heterocycles. The van der Waals surface area contributed by atoms with Gasteiger partial charge in [-0.3, -0.25) is 4.90 Å². The number of rotatable bonds is 3. The van der Waals surface area contributed by atoms with Gasteiger partial charge >= 0.3 is 6.18 Å². The molecule has 1 aromatic rings. The Hall–Kier alpha value is -1.07. The van der Waals surface area contributed by atoms with Crippen molar-refractivity contribution < 1.29 is 17.9 Å². The molecule has 5 heteroatoms. The van der Waals surface area contributed by atoms with Crippen molar-refractivity contribution in [1.82, 2.24) is 4.90 Å². The van der Waals surface area contributed by atoms with Gasteiger partial charge in [-0.1, -0.05) is 31.2 Å². The topological polar surface area (TPSA) is 12.5 Å². The van der Waals surface area contributed by atoms with E-state index in [1.807, 2.05) is 13.0 Å². The quantitative estimate of drug-likeness (QED) is 0.838. The molecule has 0 radical (unpaired) electrons. The standard InChI is InChI=1S/C14H18F3NO/c1-2-11-4-3-5-12(10-11)13(14(15,16)17)18-6-8-19-9-7-18/h3-5,10,13H,2,6-9H2,1H3. The van der Waals surface area contributed by atoms with E-state index in [0.717, 1.165) is 12.0 Å². The van der Waals surface area contributed by atoms with E-state index in [9.17, 15) is 13.2 Å². The molecular weight excluding hydrogens is 255 g/mol. The summed E-state index contributed by atoms with van der Waals surface area (Å²) in [6.07, 6.45) is -3.52. The molecular formula is C14H18F3NO. The summed E-state index contributed by atoms with van der Waals surface area (Å²) < 4.78 is 45.2. The number of halogens is 3. The minimum atomic E-state index is -4.26. The number of hydrogen-bond acceptors (Lipinski definition) is 2. The number of benzene rings is 1. The van der Waals surface area contributed by atoms with Gasteiger partial charge in [0.15, 0.2) is 0 Å². The zero-order valence-corrected chi connectivity index (χ0v) is 10.9. The van der Waals surface area contributed by atoms with Crippen molar-refractivity contribution in [1.29, 1.82) is 0 Å². The summed E-state index contributed by atoms with van der Waals surface area (Å²) in [6, 6.07) is 5.26. The smallest absolute Gasteiger partial charge is 0.379 e. The maximum Gasteiger partial charge on any atom is 0.408 e. The molecule has 0 N–H and O–H groups in total. The summed E-state index contributed by atoms with van der Waals surface area (Å²) >= 11 is 0. The lowest BCUT2D eigenvalue weighted by Crippen LogP contribution is -2.44. The predicted octanol–water partition coefficient (Wildman–Crippen LogP) is 3.18. The van der Waals surface area contributed by atoms with Gasteiger partial charge in [-0.2, -0.15) is 13.2 Å². The second-order valence-corrected chi connectivity index (χ2v) is 4.69. The van der Waals surface area contributed by atoms with Gasteiger partial charge in [0.1, 0.15) is 6.04 Å². The summed E-state index contributed by atoms with van der Waals surface area (Å²) in [4.78, 5) is 1.46. The zero-order chi connectivity index (χ0) is 13.9. The molecule has 1 saturated heterocycles. The Bertz CT molecular complexity index is 413. The fourth-order valence-electron chi connectivity index (χ4n) is 2.43. The third-order valence-corrected chi connectivity index (χ3v) is 3.40. The van der Waals surface area contributed by atoms with Crippen LogP contribution >= 0.6 is 0 Å². The Balaban J connectivity index is 2.30. The highest BCUT2D eigenvalue weighted by molar-refractivity contribution is 5.27. The van der Waals surface area contributed by atoms with E-state index in [0.29, 0.717) is 31.9 Å². The number of alkyl halides is 3. The predicted molar refractivity (Wildman–Crippen MR) is 67.0 cm³/mol. The number of hydrogen-bond donors (Lipinski definition) is 0. The number of ether oxygens (including phenoxy) is 1. The lowest BCUT2D eigenvalue weighted by Gasteiger charge is -2.35. The molecule has 1 heterocycles. The van der Waals surface area contributed by atoms with Crippen LogP contribution in [0.5, 0.6) is 0 Å². The first-order chi connectivity index (χ1) is 9.02. The van der Waals surface area contributed by atoms with Crippen LogP contribution in [0.3, 0.4) is 0 Å². The molecule has 0 aliphatic carbocycles. The van der Waals surface area contributed by atoms with Gasteiger partial charge in [0.05, 0.1) is 13.2 Å². The van der Waals surface area contributed by atoms with Gasteiger partial charge in [0.2, 0.25) is 0 Å². The number of nitrogens with zero attached hydrogens (tertiary/aromatic N) is 1. The molecule has 1 unspecified atom stereocenters. The second kappa shape index (κ2) is 5.92. The summed E-state index contributed by atoms with van der Waals surface area (Å²) in [5.74, 6) is 0. The van der Waals surface area contributed by atoms with Crippen molar-refractivity contribution in [2.75, 3.05) is 26.3 Å². The fraction of sp³-hybridized carbons (Fsp3) is 0.571. The normalized spacial score (nSPS) is 19.4. The minimum absolute atomic E-state index is 0.320. The van der Waals surface area contributed by atoms with Crippen LogP contribution in [0.4, 0.5) is 13.2 Å². The van der Waals surface area contributed by atoms with Crippen molar-refractivity contribution in [2.24, 2.45) is 0 Å². The van der Waals surface area contributed by atoms with Crippen LogP contribution in [0.1, 0.15) is 24.1 Å². The van der Waals surface area contributed by atoms with E-state index in [-0.39, 0.29) is 0 Å². The van der Waals surface area contributed by atoms with Gasteiger partial charge in [0.25, 0.3) is 0 Å². The van der Waals surface area contributed by atoms with Crippen LogP contribution < -0.4 is 0 Å². The van der Waals surface area contributed by atoms with Crippen LogP contribution in [0, 0.1) is 0 Å². The third-order valence-electron chi connectivity index (χ3n) is 3.40. The Kier molecular flexibility index (Phi) is 4.47. The summed E-state index contributed by atoms with van der Waals surface area (Å²) in [5, 5.41) is 0. The SMILES string of the molecule is CCc1cccc(C(N2CCOCC2)C(F)(F)F)c1. The summed E-state index contributed by atoms with van der Waals surface area (Å²) in [5.41, 5.74) is 1.26.